The zero-order valence-electron chi connectivity index (χ0n) is 9.21. The van der Waals surface area contributed by atoms with Crippen LogP contribution in [0, 0.1) is 0 Å². The molecule has 1 aliphatic carbocycles. The summed E-state index contributed by atoms with van der Waals surface area (Å²) in [7, 11) is 1.84. The third-order valence-corrected chi connectivity index (χ3v) is 2.32. The molecule has 0 aromatic rings. The first kappa shape index (κ1) is 11.5. The molecule has 1 rings (SSSR count). The minimum atomic E-state index is -0.752. The molecule has 0 aliphatic heterocycles. The van der Waals surface area contributed by atoms with E-state index in [9.17, 15) is 9.90 Å². The quantitative estimate of drug-likeness (QED) is 0.655. The van der Waals surface area contributed by atoms with Crippen LogP contribution in [0.3, 0.4) is 0 Å². The molecular formula is C10H20N2O2. The van der Waals surface area contributed by atoms with Crippen molar-refractivity contribution in [2.24, 2.45) is 0 Å². The number of nitrogens with zero attached hydrogens (tertiary/aromatic N) is 1. The SMILES string of the molecule is CN(C(=O)CNCC(C)(C)O)C1CC1. The Labute approximate surface area is 85.3 Å². The van der Waals surface area contributed by atoms with E-state index in [1.165, 1.54) is 0 Å². The minimum absolute atomic E-state index is 0.108. The third-order valence-electron chi connectivity index (χ3n) is 2.32. The molecule has 14 heavy (non-hydrogen) atoms. The molecule has 4 nitrogen and oxygen atoms in total. The highest BCUT2D eigenvalue weighted by Crippen LogP contribution is 2.24. The molecule has 4 heteroatoms. The average molecular weight is 200 g/mol. The summed E-state index contributed by atoms with van der Waals surface area (Å²) in [5, 5.41) is 12.4. The number of likely N-dealkylation sites (N-methyl/N-ethyl adjacent to an activating group) is 1. The number of aliphatic hydroxyl groups is 1. The molecule has 2 N–H and O–H groups in total. The Balaban J connectivity index is 2.14. The molecule has 1 amide bonds. The van der Waals surface area contributed by atoms with Crippen molar-refractivity contribution in [2.45, 2.75) is 38.3 Å². The lowest BCUT2D eigenvalue weighted by Crippen LogP contribution is -2.42. The number of rotatable bonds is 5. The molecule has 0 radical (unpaired) electrons. The maximum Gasteiger partial charge on any atom is 0.236 e. The maximum absolute atomic E-state index is 11.5. The second kappa shape index (κ2) is 4.28. The molecule has 0 saturated heterocycles. The molecule has 82 valence electrons. The monoisotopic (exact) mass is 200 g/mol. The lowest BCUT2D eigenvalue weighted by atomic mass is 10.1. The summed E-state index contributed by atoms with van der Waals surface area (Å²) in [6, 6.07) is 0.464. The summed E-state index contributed by atoms with van der Waals surface area (Å²) in [5.74, 6) is 0.108. The number of hydrogen-bond acceptors (Lipinski definition) is 3. The van der Waals surface area contributed by atoms with Crippen molar-refractivity contribution in [3.63, 3.8) is 0 Å². The highest BCUT2D eigenvalue weighted by molar-refractivity contribution is 5.78. The topological polar surface area (TPSA) is 52.6 Å². The summed E-state index contributed by atoms with van der Waals surface area (Å²) >= 11 is 0. The van der Waals surface area contributed by atoms with Gasteiger partial charge in [-0.3, -0.25) is 4.79 Å². The number of hydrogen-bond donors (Lipinski definition) is 2. The van der Waals surface area contributed by atoms with Crippen LogP contribution in [0.25, 0.3) is 0 Å². The van der Waals surface area contributed by atoms with Gasteiger partial charge in [0.1, 0.15) is 0 Å². The van der Waals surface area contributed by atoms with E-state index in [4.69, 9.17) is 0 Å². The van der Waals surface area contributed by atoms with E-state index in [2.05, 4.69) is 5.32 Å². The zero-order chi connectivity index (χ0) is 10.8. The van der Waals surface area contributed by atoms with Crippen molar-refractivity contribution < 1.29 is 9.90 Å². The van der Waals surface area contributed by atoms with E-state index in [0.29, 0.717) is 19.1 Å². The number of amides is 1. The van der Waals surface area contributed by atoms with Gasteiger partial charge in [0.15, 0.2) is 0 Å². The summed E-state index contributed by atoms with van der Waals surface area (Å²) in [5.41, 5.74) is -0.752. The Hall–Kier alpha value is -0.610. The molecule has 0 unspecified atom stereocenters. The smallest absolute Gasteiger partial charge is 0.236 e. The van der Waals surface area contributed by atoms with Crippen LogP contribution < -0.4 is 5.32 Å². The predicted molar refractivity (Wildman–Crippen MR) is 55.0 cm³/mol. The Morgan fingerprint density at radius 2 is 2.14 bits per heavy atom. The standard InChI is InChI=1S/C10H20N2O2/c1-10(2,14)7-11-6-9(13)12(3)8-4-5-8/h8,11,14H,4-7H2,1-3H3. The fraction of sp³-hybridized carbons (Fsp3) is 0.900. The van der Waals surface area contributed by atoms with Gasteiger partial charge in [0, 0.05) is 19.6 Å². The third kappa shape index (κ3) is 4.07. The number of carbonyl (C=O) groups excluding carboxylic acids is 1. The van der Waals surface area contributed by atoms with Crippen molar-refractivity contribution in [1.29, 1.82) is 0 Å². The van der Waals surface area contributed by atoms with Crippen molar-refractivity contribution in [2.75, 3.05) is 20.1 Å². The molecule has 0 aromatic heterocycles. The molecule has 0 heterocycles. The summed E-state index contributed by atoms with van der Waals surface area (Å²) in [6.45, 7) is 4.19. The lowest BCUT2D eigenvalue weighted by molar-refractivity contribution is -0.129. The van der Waals surface area contributed by atoms with E-state index < -0.39 is 5.60 Å². The normalized spacial score (nSPS) is 16.9. The van der Waals surface area contributed by atoms with Crippen LogP contribution in [0.1, 0.15) is 26.7 Å². The number of nitrogens with one attached hydrogen (secondary N) is 1. The van der Waals surface area contributed by atoms with Gasteiger partial charge in [0.2, 0.25) is 5.91 Å². The van der Waals surface area contributed by atoms with Crippen LogP contribution >= 0.6 is 0 Å². The van der Waals surface area contributed by atoms with Crippen molar-refractivity contribution in [3.8, 4) is 0 Å². The average Bonchev–Trinajstić information content (AvgIpc) is 2.82. The van der Waals surface area contributed by atoms with Gasteiger partial charge in [0.25, 0.3) is 0 Å². The van der Waals surface area contributed by atoms with Crippen molar-refractivity contribution >= 4 is 5.91 Å². The minimum Gasteiger partial charge on any atom is -0.389 e. The summed E-state index contributed by atoms with van der Waals surface area (Å²) in [4.78, 5) is 13.3. The zero-order valence-corrected chi connectivity index (χ0v) is 9.21. The molecule has 1 saturated carbocycles. The van der Waals surface area contributed by atoms with Gasteiger partial charge in [-0.2, -0.15) is 0 Å². The largest absolute Gasteiger partial charge is 0.389 e. The highest BCUT2D eigenvalue weighted by Gasteiger charge is 2.29. The van der Waals surface area contributed by atoms with Crippen LogP contribution in [0.4, 0.5) is 0 Å². The van der Waals surface area contributed by atoms with Gasteiger partial charge in [0.05, 0.1) is 12.1 Å². The maximum atomic E-state index is 11.5. The summed E-state index contributed by atoms with van der Waals surface area (Å²) < 4.78 is 0. The summed E-state index contributed by atoms with van der Waals surface area (Å²) in [6.07, 6.45) is 2.27. The Morgan fingerprint density at radius 3 is 2.57 bits per heavy atom. The van der Waals surface area contributed by atoms with Gasteiger partial charge < -0.3 is 15.3 Å². The Bertz CT molecular complexity index is 207. The van der Waals surface area contributed by atoms with E-state index >= 15 is 0 Å². The van der Waals surface area contributed by atoms with Gasteiger partial charge in [-0.15, -0.1) is 0 Å². The van der Waals surface area contributed by atoms with E-state index in [-0.39, 0.29) is 5.91 Å². The molecule has 0 atom stereocenters. The Morgan fingerprint density at radius 1 is 1.57 bits per heavy atom. The van der Waals surface area contributed by atoms with Gasteiger partial charge >= 0.3 is 0 Å². The highest BCUT2D eigenvalue weighted by atomic mass is 16.3. The molecule has 0 bridgehead atoms. The van der Waals surface area contributed by atoms with Crippen LogP contribution in [0.2, 0.25) is 0 Å². The van der Waals surface area contributed by atoms with Gasteiger partial charge in [-0.25, -0.2) is 0 Å². The van der Waals surface area contributed by atoms with Crippen molar-refractivity contribution in [3.05, 3.63) is 0 Å². The van der Waals surface area contributed by atoms with E-state index in [1.807, 2.05) is 7.05 Å². The molecule has 0 aromatic carbocycles. The van der Waals surface area contributed by atoms with E-state index in [0.717, 1.165) is 12.8 Å². The second-order valence-electron chi connectivity index (χ2n) is 4.65. The first-order valence-electron chi connectivity index (χ1n) is 5.09. The van der Waals surface area contributed by atoms with Crippen LogP contribution in [-0.4, -0.2) is 47.7 Å². The fourth-order valence-electron chi connectivity index (χ4n) is 1.27. The predicted octanol–water partition coefficient (Wildman–Crippen LogP) is -0.0323. The van der Waals surface area contributed by atoms with Crippen molar-refractivity contribution in [1.82, 2.24) is 10.2 Å². The van der Waals surface area contributed by atoms with E-state index in [1.54, 1.807) is 18.7 Å². The van der Waals surface area contributed by atoms with Crippen LogP contribution in [0.15, 0.2) is 0 Å². The lowest BCUT2D eigenvalue weighted by Gasteiger charge is -2.20. The second-order valence-corrected chi connectivity index (χ2v) is 4.65. The molecule has 1 fully saturated rings. The Kier molecular flexibility index (Phi) is 3.50. The fourth-order valence-corrected chi connectivity index (χ4v) is 1.27. The van der Waals surface area contributed by atoms with Crippen LogP contribution in [0.5, 0.6) is 0 Å². The molecule has 1 aliphatic rings. The first-order chi connectivity index (χ1) is 6.40. The molecular weight excluding hydrogens is 180 g/mol. The number of carbonyl (C=O) groups is 1. The van der Waals surface area contributed by atoms with Crippen LogP contribution in [-0.2, 0) is 4.79 Å². The van der Waals surface area contributed by atoms with Gasteiger partial charge in [-0.1, -0.05) is 0 Å². The van der Waals surface area contributed by atoms with Gasteiger partial charge in [-0.05, 0) is 26.7 Å². The molecule has 0 spiro atoms. The first-order valence-corrected chi connectivity index (χ1v) is 5.09.